The van der Waals surface area contributed by atoms with E-state index in [1.165, 1.54) is 9.75 Å². The Morgan fingerprint density at radius 1 is 1.05 bits per heavy atom. The van der Waals surface area contributed by atoms with Crippen molar-refractivity contribution in [1.82, 2.24) is 5.32 Å². The molecule has 1 heterocycles. The Bertz CT molecular complexity index is 579. The third kappa shape index (κ3) is 3.56. The summed E-state index contributed by atoms with van der Waals surface area (Å²) in [5, 5.41) is 4.68. The normalized spacial score (nSPS) is 13.5. The summed E-state index contributed by atoms with van der Waals surface area (Å²) in [6.07, 6.45) is 0. The van der Waals surface area contributed by atoms with Crippen LogP contribution in [-0.4, -0.2) is 7.05 Å². The summed E-state index contributed by atoms with van der Waals surface area (Å²) in [6.45, 7) is 6.69. The Hall–Kier alpha value is -0.540. The number of benzene rings is 1. The molecule has 2 aromatic rings. The van der Waals surface area contributed by atoms with Crippen LogP contribution in [0, 0.1) is 0 Å². The highest BCUT2D eigenvalue weighted by Crippen LogP contribution is 2.35. The zero-order valence-electron chi connectivity index (χ0n) is 12.1. The molecule has 20 heavy (non-hydrogen) atoms. The van der Waals surface area contributed by atoms with E-state index in [4.69, 9.17) is 23.2 Å². The fraction of sp³-hybridized carbons (Fsp3) is 0.375. The van der Waals surface area contributed by atoms with Crippen LogP contribution in [0.1, 0.15) is 42.1 Å². The number of halogens is 2. The monoisotopic (exact) mass is 327 g/mol. The molecule has 108 valence electrons. The molecule has 1 unspecified atom stereocenters. The van der Waals surface area contributed by atoms with E-state index in [-0.39, 0.29) is 11.5 Å². The molecule has 0 aliphatic heterocycles. The highest BCUT2D eigenvalue weighted by atomic mass is 35.5. The zero-order chi connectivity index (χ0) is 14.9. The molecule has 2 rings (SSSR count). The van der Waals surface area contributed by atoms with E-state index in [9.17, 15) is 0 Å². The van der Waals surface area contributed by atoms with Gasteiger partial charge in [0.25, 0.3) is 0 Å². The fourth-order valence-electron chi connectivity index (χ4n) is 2.13. The van der Waals surface area contributed by atoms with E-state index >= 15 is 0 Å². The molecule has 0 radical (unpaired) electrons. The second-order valence-corrected chi connectivity index (χ2v) is 7.86. The Balaban J connectivity index is 2.39. The van der Waals surface area contributed by atoms with Gasteiger partial charge in [0.2, 0.25) is 0 Å². The molecule has 0 aliphatic carbocycles. The Kier molecular flexibility index (Phi) is 4.80. The molecule has 0 bridgehead atoms. The Labute approximate surface area is 134 Å². The van der Waals surface area contributed by atoms with Crippen LogP contribution >= 0.6 is 34.5 Å². The molecule has 0 amide bonds. The lowest BCUT2D eigenvalue weighted by molar-refractivity contribution is 0.604. The lowest BCUT2D eigenvalue weighted by atomic mass is 9.95. The van der Waals surface area contributed by atoms with Crippen LogP contribution in [0.15, 0.2) is 30.3 Å². The van der Waals surface area contributed by atoms with Crippen molar-refractivity contribution in [3.05, 3.63) is 55.7 Å². The number of hydrogen-bond donors (Lipinski definition) is 1. The second-order valence-electron chi connectivity index (χ2n) is 5.88. The van der Waals surface area contributed by atoms with Crippen LogP contribution in [0.25, 0.3) is 0 Å². The summed E-state index contributed by atoms with van der Waals surface area (Å²) in [7, 11) is 1.95. The second kappa shape index (κ2) is 6.07. The summed E-state index contributed by atoms with van der Waals surface area (Å²) in [5.41, 5.74) is 1.26. The topological polar surface area (TPSA) is 12.0 Å². The molecule has 0 spiro atoms. The van der Waals surface area contributed by atoms with Crippen molar-refractivity contribution in [3.63, 3.8) is 0 Å². The molecule has 0 saturated heterocycles. The van der Waals surface area contributed by atoms with Gasteiger partial charge >= 0.3 is 0 Å². The van der Waals surface area contributed by atoms with Gasteiger partial charge in [-0.05, 0) is 48.4 Å². The number of thiophene rings is 1. The van der Waals surface area contributed by atoms with Gasteiger partial charge < -0.3 is 5.32 Å². The molecule has 1 N–H and O–H groups in total. The first-order chi connectivity index (χ1) is 9.31. The molecule has 1 aromatic heterocycles. The minimum absolute atomic E-state index is 0.118. The Morgan fingerprint density at radius 3 is 2.10 bits per heavy atom. The van der Waals surface area contributed by atoms with Gasteiger partial charge in [0.05, 0.1) is 6.04 Å². The smallest absolute Gasteiger partial charge is 0.0669 e. The lowest BCUT2D eigenvalue weighted by Crippen LogP contribution is -2.16. The van der Waals surface area contributed by atoms with Gasteiger partial charge in [0.15, 0.2) is 0 Å². The van der Waals surface area contributed by atoms with Gasteiger partial charge in [-0.1, -0.05) is 44.0 Å². The zero-order valence-corrected chi connectivity index (χ0v) is 14.5. The highest BCUT2D eigenvalue weighted by Gasteiger charge is 2.20. The van der Waals surface area contributed by atoms with Crippen molar-refractivity contribution in [1.29, 1.82) is 0 Å². The van der Waals surface area contributed by atoms with Crippen LogP contribution in [0.2, 0.25) is 10.0 Å². The van der Waals surface area contributed by atoms with E-state index in [0.29, 0.717) is 10.0 Å². The van der Waals surface area contributed by atoms with Gasteiger partial charge in [0.1, 0.15) is 0 Å². The minimum atomic E-state index is 0.118. The molecule has 1 atom stereocenters. The number of nitrogens with one attached hydrogen (secondary N) is 1. The average molecular weight is 328 g/mol. The van der Waals surface area contributed by atoms with E-state index in [0.717, 1.165) is 5.56 Å². The third-order valence-corrected chi connectivity index (χ3v) is 5.17. The van der Waals surface area contributed by atoms with E-state index < -0.39 is 0 Å². The van der Waals surface area contributed by atoms with Gasteiger partial charge in [-0.25, -0.2) is 0 Å². The van der Waals surface area contributed by atoms with E-state index in [1.54, 1.807) is 6.07 Å². The number of rotatable bonds is 3. The van der Waals surface area contributed by atoms with Crippen molar-refractivity contribution in [3.8, 4) is 0 Å². The minimum Gasteiger partial charge on any atom is -0.309 e. The van der Waals surface area contributed by atoms with E-state index in [1.807, 2.05) is 30.5 Å². The highest BCUT2D eigenvalue weighted by molar-refractivity contribution is 7.12. The van der Waals surface area contributed by atoms with Crippen LogP contribution < -0.4 is 5.32 Å². The van der Waals surface area contributed by atoms with Gasteiger partial charge in [-0.3, -0.25) is 0 Å². The van der Waals surface area contributed by atoms with E-state index in [2.05, 4.69) is 38.2 Å². The van der Waals surface area contributed by atoms with Gasteiger partial charge in [-0.15, -0.1) is 11.3 Å². The average Bonchev–Trinajstić information content (AvgIpc) is 2.77. The van der Waals surface area contributed by atoms with Gasteiger partial charge in [0, 0.05) is 19.8 Å². The maximum absolute atomic E-state index is 6.11. The van der Waals surface area contributed by atoms with Crippen LogP contribution in [-0.2, 0) is 5.41 Å². The summed E-state index contributed by atoms with van der Waals surface area (Å²) in [6, 6.07) is 10.2. The molecule has 1 nitrogen and oxygen atoms in total. The first kappa shape index (κ1) is 15.8. The first-order valence-electron chi connectivity index (χ1n) is 6.54. The van der Waals surface area contributed by atoms with Crippen molar-refractivity contribution in [2.75, 3.05) is 7.05 Å². The van der Waals surface area contributed by atoms with Crippen LogP contribution in [0.4, 0.5) is 0 Å². The standard InChI is InChI=1S/C16H19Cl2NS/c1-16(2,3)14-6-5-13(20-14)15(19-4)10-7-11(17)9-12(18)8-10/h5-9,15,19H,1-4H3. The summed E-state index contributed by atoms with van der Waals surface area (Å²) < 4.78 is 0. The fourth-order valence-corrected chi connectivity index (χ4v) is 3.87. The molecule has 0 saturated carbocycles. The predicted molar refractivity (Wildman–Crippen MR) is 90.4 cm³/mol. The largest absolute Gasteiger partial charge is 0.309 e. The molecular weight excluding hydrogens is 309 g/mol. The number of hydrogen-bond acceptors (Lipinski definition) is 2. The third-order valence-electron chi connectivity index (χ3n) is 3.16. The van der Waals surface area contributed by atoms with Crippen molar-refractivity contribution in [2.24, 2.45) is 0 Å². The van der Waals surface area contributed by atoms with Crippen LogP contribution in [0.3, 0.4) is 0 Å². The lowest BCUT2D eigenvalue weighted by Gasteiger charge is -2.18. The van der Waals surface area contributed by atoms with Crippen molar-refractivity contribution < 1.29 is 0 Å². The first-order valence-corrected chi connectivity index (χ1v) is 8.12. The quantitative estimate of drug-likeness (QED) is 0.766. The molecule has 0 fully saturated rings. The molecule has 1 aromatic carbocycles. The van der Waals surface area contributed by atoms with Crippen LogP contribution in [0.5, 0.6) is 0 Å². The summed E-state index contributed by atoms with van der Waals surface area (Å²) in [5.74, 6) is 0. The molecule has 4 heteroatoms. The van der Waals surface area contributed by atoms with Crippen molar-refractivity contribution >= 4 is 34.5 Å². The Morgan fingerprint density at radius 2 is 1.65 bits per heavy atom. The maximum Gasteiger partial charge on any atom is 0.0669 e. The summed E-state index contributed by atoms with van der Waals surface area (Å²) >= 11 is 14.0. The molecular formula is C16H19Cl2NS. The van der Waals surface area contributed by atoms with Gasteiger partial charge in [-0.2, -0.15) is 0 Å². The maximum atomic E-state index is 6.11. The SMILES string of the molecule is CNC(c1cc(Cl)cc(Cl)c1)c1ccc(C(C)(C)C)s1. The summed E-state index contributed by atoms with van der Waals surface area (Å²) in [4.78, 5) is 2.65. The van der Waals surface area contributed by atoms with Crippen molar-refractivity contribution in [2.45, 2.75) is 32.2 Å². The predicted octanol–water partition coefficient (Wildman–Crippen LogP) is 5.66. The molecule has 0 aliphatic rings.